The second-order valence-electron chi connectivity index (χ2n) is 4.05. The highest BCUT2D eigenvalue weighted by molar-refractivity contribution is 5.31. The Morgan fingerprint density at radius 2 is 1.58 bits per heavy atom. The minimum absolute atomic E-state index is 0.109. The molecule has 2 aromatic rings. The molecule has 0 aliphatic heterocycles. The molecule has 2 rings (SSSR count). The van der Waals surface area contributed by atoms with Gasteiger partial charge in [-0.25, -0.2) is 4.39 Å². The number of hydrogen-bond acceptors (Lipinski definition) is 3. The number of aliphatic hydroxyl groups is 1. The molecule has 0 radical (unpaired) electrons. The fourth-order valence-corrected chi connectivity index (χ4v) is 1.63. The molecule has 0 aliphatic rings. The maximum Gasteiger partial charge on any atom is 0.123 e. The van der Waals surface area contributed by atoms with Crippen LogP contribution in [0.1, 0.15) is 11.7 Å². The van der Waals surface area contributed by atoms with Crippen LogP contribution >= 0.6 is 0 Å². The van der Waals surface area contributed by atoms with Crippen LogP contribution in [-0.4, -0.2) is 18.8 Å². The SMILES string of the molecule is COc1ccc(OCC(O)c2ccc(F)cc2)cc1. The van der Waals surface area contributed by atoms with Crippen molar-refractivity contribution in [2.24, 2.45) is 0 Å². The first-order chi connectivity index (χ1) is 9.19. The van der Waals surface area contributed by atoms with Crippen LogP contribution in [-0.2, 0) is 0 Å². The molecule has 0 saturated carbocycles. The lowest BCUT2D eigenvalue weighted by molar-refractivity contribution is 0.108. The van der Waals surface area contributed by atoms with E-state index in [0.717, 1.165) is 5.75 Å². The van der Waals surface area contributed by atoms with Crippen molar-refractivity contribution in [3.05, 3.63) is 59.9 Å². The Bertz CT molecular complexity index is 508. The van der Waals surface area contributed by atoms with Crippen molar-refractivity contribution in [2.45, 2.75) is 6.10 Å². The summed E-state index contributed by atoms with van der Waals surface area (Å²) >= 11 is 0. The Kier molecular flexibility index (Phi) is 4.36. The normalized spacial score (nSPS) is 11.9. The minimum Gasteiger partial charge on any atom is -0.497 e. The second kappa shape index (κ2) is 6.20. The topological polar surface area (TPSA) is 38.7 Å². The molecule has 19 heavy (non-hydrogen) atoms. The third-order valence-electron chi connectivity index (χ3n) is 2.72. The van der Waals surface area contributed by atoms with Gasteiger partial charge in [-0.05, 0) is 42.0 Å². The van der Waals surface area contributed by atoms with E-state index in [2.05, 4.69) is 0 Å². The number of hydrogen-bond donors (Lipinski definition) is 1. The van der Waals surface area contributed by atoms with Gasteiger partial charge < -0.3 is 14.6 Å². The van der Waals surface area contributed by atoms with Gasteiger partial charge in [0.1, 0.15) is 30.0 Å². The van der Waals surface area contributed by atoms with Crippen LogP contribution in [0, 0.1) is 5.82 Å². The van der Waals surface area contributed by atoms with Crippen LogP contribution in [0.25, 0.3) is 0 Å². The highest BCUT2D eigenvalue weighted by Gasteiger charge is 2.08. The van der Waals surface area contributed by atoms with Crippen LogP contribution in [0.5, 0.6) is 11.5 Å². The highest BCUT2D eigenvalue weighted by Crippen LogP contribution is 2.19. The quantitative estimate of drug-likeness (QED) is 0.900. The maximum atomic E-state index is 12.7. The largest absolute Gasteiger partial charge is 0.497 e. The van der Waals surface area contributed by atoms with E-state index in [1.165, 1.54) is 24.3 Å². The van der Waals surface area contributed by atoms with Gasteiger partial charge in [-0.3, -0.25) is 0 Å². The Balaban J connectivity index is 1.92. The van der Waals surface area contributed by atoms with Crippen molar-refractivity contribution >= 4 is 0 Å². The van der Waals surface area contributed by atoms with Gasteiger partial charge in [-0.15, -0.1) is 0 Å². The van der Waals surface area contributed by atoms with Gasteiger partial charge in [0.25, 0.3) is 0 Å². The van der Waals surface area contributed by atoms with Crippen LogP contribution in [0.4, 0.5) is 4.39 Å². The maximum absolute atomic E-state index is 12.7. The third-order valence-corrected chi connectivity index (χ3v) is 2.72. The van der Waals surface area contributed by atoms with Crippen LogP contribution in [0.15, 0.2) is 48.5 Å². The van der Waals surface area contributed by atoms with E-state index in [1.54, 1.807) is 31.4 Å². The number of ether oxygens (including phenoxy) is 2. The zero-order chi connectivity index (χ0) is 13.7. The van der Waals surface area contributed by atoms with Gasteiger partial charge in [-0.1, -0.05) is 12.1 Å². The molecule has 0 spiro atoms. The second-order valence-corrected chi connectivity index (χ2v) is 4.05. The van der Waals surface area contributed by atoms with Gasteiger partial charge in [0.2, 0.25) is 0 Å². The summed E-state index contributed by atoms with van der Waals surface area (Å²) in [5, 5.41) is 9.90. The van der Waals surface area contributed by atoms with Gasteiger partial charge in [-0.2, -0.15) is 0 Å². The fraction of sp³-hybridized carbons (Fsp3) is 0.200. The summed E-state index contributed by atoms with van der Waals surface area (Å²) in [7, 11) is 1.59. The van der Waals surface area contributed by atoms with Crippen LogP contribution < -0.4 is 9.47 Å². The average Bonchev–Trinajstić information content (AvgIpc) is 2.46. The van der Waals surface area contributed by atoms with E-state index in [9.17, 15) is 9.50 Å². The van der Waals surface area contributed by atoms with Crippen molar-refractivity contribution in [2.75, 3.05) is 13.7 Å². The summed E-state index contributed by atoms with van der Waals surface area (Å²) in [5.74, 6) is 1.06. The molecule has 0 amide bonds. The zero-order valence-corrected chi connectivity index (χ0v) is 10.5. The predicted octanol–water partition coefficient (Wildman–Crippen LogP) is 2.95. The lowest BCUT2D eigenvalue weighted by Gasteiger charge is -2.13. The molecule has 4 heteroatoms. The van der Waals surface area contributed by atoms with E-state index >= 15 is 0 Å². The number of rotatable bonds is 5. The summed E-state index contributed by atoms with van der Waals surface area (Å²) < 4.78 is 23.2. The zero-order valence-electron chi connectivity index (χ0n) is 10.5. The summed E-state index contributed by atoms with van der Waals surface area (Å²) in [4.78, 5) is 0. The minimum atomic E-state index is -0.789. The van der Waals surface area contributed by atoms with Crippen LogP contribution in [0.2, 0.25) is 0 Å². The Hall–Kier alpha value is -2.07. The standard InChI is InChI=1S/C15H15FO3/c1-18-13-6-8-14(9-7-13)19-10-15(17)11-2-4-12(16)5-3-11/h2-9,15,17H,10H2,1H3. The first kappa shape index (κ1) is 13.4. The van der Waals surface area contributed by atoms with E-state index in [1.807, 2.05) is 0 Å². The van der Waals surface area contributed by atoms with Crippen molar-refractivity contribution in [1.82, 2.24) is 0 Å². The van der Waals surface area contributed by atoms with E-state index in [-0.39, 0.29) is 12.4 Å². The monoisotopic (exact) mass is 262 g/mol. The molecule has 3 nitrogen and oxygen atoms in total. The van der Waals surface area contributed by atoms with Gasteiger partial charge >= 0.3 is 0 Å². The Morgan fingerprint density at radius 1 is 1.00 bits per heavy atom. The first-order valence-electron chi connectivity index (χ1n) is 5.89. The summed E-state index contributed by atoms with van der Waals surface area (Å²) in [5.41, 5.74) is 0.620. The first-order valence-corrected chi connectivity index (χ1v) is 5.89. The smallest absolute Gasteiger partial charge is 0.123 e. The average molecular weight is 262 g/mol. The van der Waals surface area contributed by atoms with E-state index < -0.39 is 6.10 Å². The fourth-order valence-electron chi connectivity index (χ4n) is 1.63. The molecule has 0 aliphatic carbocycles. The van der Waals surface area contributed by atoms with Gasteiger partial charge in [0.05, 0.1) is 7.11 Å². The van der Waals surface area contributed by atoms with Crippen molar-refractivity contribution in [1.29, 1.82) is 0 Å². The molecule has 1 atom stereocenters. The summed E-state index contributed by atoms with van der Waals surface area (Å²) in [6.07, 6.45) is -0.789. The van der Waals surface area contributed by atoms with E-state index in [0.29, 0.717) is 11.3 Å². The summed E-state index contributed by atoms with van der Waals surface area (Å²) in [6, 6.07) is 12.8. The molecule has 0 heterocycles. The molecular weight excluding hydrogens is 247 g/mol. The molecule has 1 N–H and O–H groups in total. The van der Waals surface area contributed by atoms with Gasteiger partial charge in [0, 0.05) is 0 Å². The molecular formula is C15H15FO3. The number of halogens is 1. The number of aliphatic hydroxyl groups excluding tert-OH is 1. The van der Waals surface area contributed by atoms with Crippen molar-refractivity contribution in [3.8, 4) is 11.5 Å². The number of benzene rings is 2. The third kappa shape index (κ3) is 3.69. The molecule has 0 aromatic heterocycles. The van der Waals surface area contributed by atoms with E-state index in [4.69, 9.17) is 9.47 Å². The number of methoxy groups -OCH3 is 1. The molecule has 1 unspecified atom stereocenters. The molecule has 100 valence electrons. The summed E-state index contributed by atoms with van der Waals surface area (Å²) in [6.45, 7) is 0.109. The molecule has 0 fully saturated rings. The molecule has 2 aromatic carbocycles. The van der Waals surface area contributed by atoms with Crippen LogP contribution in [0.3, 0.4) is 0 Å². The highest BCUT2D eigenvalue weighted by atomic mass is 19.1. The molecule has 0 bridgehead atoms. The van der Waals surface area contributed by atoms with Crippen molar-refractivity contribution < 1.29 is 19.0 Å². The lowest BCUT2D eigenvalue weighted by Crippen LogP contribution is -2.09. The molecule has 0 saturated heterocycles. The Morgan fingerprint density at radius 3 is 2.16 bits per heavy atom. The Labute approximate surface area is 111 Å². The van der Waals surface area contributed by atoms with Crippen molar-refractivity contribution in [3.63, 3.8) is 0 Å². The van der Waals surface area contributed by atoms with Gasteiger partial charge in [0.15, 0.2) is 0 Å². The predicted molar refractivity (Wildman–Crippen MR) is 69.8 cm³/mol. The lowest BCUT2D eigenvalue weighted by atomic mass is 10.1.